The standard InChI is InChI=1S/C21H16FN3O2/c1-14-7-12-19(27-14)20-18(13-25(24-20)17-5-3-2-4-6-17)21(26)23-16-10-8-15(22)9-11-16/h2-13H,1H3,(H,23,26). The Morgan fingerprint density at radius 2 is 1.78 bits per heavy atom. The quantitative estimate of drug-likeness (QED) is 0.566. The third kappa shape index (κ3) is 3.50. The number of amides is 1. The predicted octanol–water partition coefficient (Wildman–Crippen LogP) is 4.83. The molecule has 1 amide bonds. The van der Waals surface area contributed by atoms with Crippen LogP contribution in [-0.4, -0.2) is 15.7 Å². The van der Waals surface area contributed by atoms with Gasteiger partial charge < -0.3 is 9.73 Å². The van der Waals surface area contributed by atoms with E-state index >= 15 is 0 Å². The largest absolute Gasteiger partial charge is 0.460 e. The number of hydrogen-bond donors (Lipinski definition) is 1. The van der Waals surface area contributed by atoms with E-state index in [4.69, 9.17) is 4.42 Å². The number of halogens is 1. The maximum absolute atomic E-state index is 13.1. The Morgan fingerprint density at radius 1 is 1.04 bits per heavy atom. The van der Waals surface area contributed by atoms with Crippen molar-refractivity contribution in [3.8, 4) is 17.1 Å². The van der Waals surface area contributed by atoms with Crippen molar-refractivity contribution in [3.05, 3.63) is 90.1 Å². The lowest BCUT2D eigenvalue weighted by Crippen LogP contribution is -2.12. The summed E-state index contributed by atoms with van der Waals surface area (Å²) in [5.41, 5.74) is 2.11. The van der Waals surface area contributed by atoms with Gasteiger partial charge in [0.25, 0.3) is 5.91 Å². The van der Waals surface area contributed by atoms with Crippen LogP contribution in [-0.2, 0) is 0 Å². The zero-order valence-corrected chi connectivity index (χ0v) is 14.5. The van der Waals surface area contributed by atoms with Crippen LogP contribution >= 0.6 is 0 Å². The predicted molar refractivity (Wildman–Crippen MR) is 100 cm³/mol. The van der Waals surface area contributed by atoms with E-state index in [1.807, 2.05) is 43.3 Å². The number of carbonyl (C=O) groups excluding carboxylic acids is 1. The molecule has 0 atom stereocenters. The molecule has 2 heterocycles. The number of hydrogen-bond acceptors (Lipinski definition) is 3. The first-order chi connectivity index (χ1) is 13.1. The lowest BCUT2D eigenvalue weighted by Gasteiger charge is -2.04. The Bertz CT molecular complexity index is 1080. The van der Waals surface area contributed by atoms with Crippen molar-refractivity contribution in [1.82, 2.24) is 9.78 Å². The van der Waals surface area contributed by atoms with E-state index in [-0.39, 0.29) is 11.7 Å². The van der Waals surface area contributed by atoms with Gasteiger partial charge in [0.15, 0.2) is 5.76 Å². The van der Waals surface area contributed by atoms with Gasteiger partial charge >= 0.3 is 0 Å². The zero-order chi connectivity index (χ0) is 18.8. The number of nitrogens with zero attached hydrogens (tertiary/aromatic N) is 2. The summed E-state index contributed by atoms with van der Waals surface area (Å²) in [7, 11) is 0. The number of furan rings is 1. The van der Waals surface area contributed by atoms with Crippen molar-refractivity contribution < 1.29 is 13.6 Å². The fraction of sp³-hybridized carbons (Fsp3) is 0.0476. The SMILES string of the molecule is Cc1ccc(-c2nn(-c3ccccc3)cc2C(=O)Nc2ccc(F)cc2)o1. The monoisotopic (exact) mass is 361 g/mol. The van der Waals surface area contributed by atoms with Gasteiger partial charge in [0.05, 0.1) is 11.3 Å². The fourth-order valence-corrected chi connectivity index (χ4v) is 2.73. The van der Waals surface area contributed by atoms with Crippen LogP contribution in [0.5, 0.6) is 0 Å². The fourth-order valence-electron chi connectivity index (χ4n) is 2.73. The number of carbonyl (C=O) groups is 1. The highest BCUT2D eigenvalue weighted by Gasteiger charge is 2.21. The first-order valence-corrected chi connectivity index (χ1v) is 8.39. The Balaban J connectivity index is 1.74. The summed E-state index contributed by atoms with van der Waals surface area (Å²) in [5, 5.41) is 7.31. The second-order valence-corrected chi connectivity index (χ2v) is 6.04. The molecule has 27 heavy (non-hydrogen) atoms. The van der Waals surface area contributed by atoms with Crippen molar-refractivity contribution in [1.29, 1.82) is 0 Å². The Hall–Kier alpha value is -3.67. The molecule has 0 saturated heterocycles. The summed E-state index contributed by atoms with van der Waals surface area (Å²) in [6.07, 6.45) is 1.65. The number of para-hydroxylation sites is 1. The molecule has 0 aliphatic rings. The number of anilines is 1. The zero-order valence-electron chi connectivity index (χ0n) is 14.5. The molecule has 0 saturated carbocycles. The highest BCUT2D eigenvalue weighted by Crippen LogP contribution is 2.26. The molecule has 4 aromatic rings. The molecular formula is C21H16FN3O2. The van der Waals surface area contributed by atoms with Gasteiger partial charge in [0.2, 0.25) is 0 Å². The van der Waals surface area contributed by atoms with E-state index < -0.39 is 0 Å². The minimum Gasteiger partial charge on any atom is -0.460 e. The summed E-state index contributed by atoms with van der Waals surface area (Å²) in [4.78, 5) is 12.8. The molecule has 5 nitrogen and oxygen atoms in total. The first-order valence-electron chi connectivity index (χ1n) is 8.39. The molecule has 0 aliphatic carbocycles. The van der Waals surface area contributed by atoms with Crippen LogP contribution in [0.4, 0.5) is 10.1 Å². The molecule has 0 aliphatic heterocycles. The van der Waals surface area contributed by atoms with E-state index in [1.165, 1.54) is 24.3 Å². The van der Waals surface area contributed by atoms with Gasteiger partial charge in [0.1, 0.15) is 17.3 Å². The van der Waals surface area contributed by atoms with Crippen LogP contribution in [0.25, 0.3) is 17.1 Å². The molecule has 0 bridgehead atoms. The molecule has 0 spiro atoms. The van der Waals surface area contributed by atoms with Crippen LogP contribution in [0.3, 0.4) is 0 Å². The Morgan fingerprint density at radius 3 is 2.44 bits per heavy atom. The summed E-state index contributed by atoms with van der Waals surface area (Å²) >= 11 is 0. The number of benzene rings is 2. The molecule has 1 N–H and O–H groups in total. The van der Waals surface area contributed by atoms with Gasteiger partial charge in [0, 0.05) is 11.9 Å². The molecule has 0 unspecified atom stereocenters. The van der Waals surface area contributed by atoms with Crippen molar-refractivity contribution in [3.63, 3.8) is 0 Å². The van der Waals surface area contributed by atoms with Gasteiger partial charge in [-0.3, -0.25) is 4.79 Å². The van der Waals surface area contributed by atoms with Crippen LogP contribution < -0.4 is 5.32 Å². The maximum atomic E-state index is 13.1. The number of nitrogens with one attached hydrogen (secondary N) is 1. The minimum atomic E-state index is -0.364. The van der Waals surface area contributed by atoms with Crippen molar-refractivity contribution >= 4 is 11.6 Å². The number of rotatable bonds is 4. The van der Waals surface area contributed by atoms with E-state index in [2.05, 4.69) is 10.4 Å². The van der Waals surface area contributed by atoms with Gasteiger partial charge in [-0.2, -0.15) is 5.10 Å². The van der Waals surface area contributed by atoms with Crippen LogP contribution in [0, 0.1) is 12.7 Å². The van der Waals surface area contributed by atoms with Gasteiger partial charge in [-0.15, -0.1) is 0 Å². The normalized spacial score (nSPS) is 10.7. The lowest BCUT2D eigenvalue weighted by molar-refractivity contribution is 0.102. The first kappa shape index (κ1) is 16.8. The van der Waals surface area contributed by atoms with Crippen LogP contribution in [0.15, 0.2) is 77.3 Å². The summed E-state index contributed by atoms with van der Waals surface area (Å²) in [6, 6.07) is 18.7. The van der Waals surface area contributed by atoms with E-state index in [0.717, 1.165) is 11.4 Å². The average molecular weight is 361 g/mol. The second-order valence-electron chi connectivity index (χ2n) is 6.04. The van der Waals surface area contributed by atoms with Gasteiger partial charge in [-0.05, 0) is 55.5 Å². The van der Waals surface area contributed by atoms with Crippen LogP contribution in [0.2, 0.25) is 0 Å². The number of aryl methyl sites for hydroxylation is 1. The third-order valence-electron chi connectivity index (χ3n) is 4.06. The maximum Gasteiger partial charge on any atom is 0.259 e. The lowest BCUT2D eigenvalue weighted by atomic mass is 10.2. The molecule has 4 rings (SSSR count). The topological polar surface area (TPSA) is 60.1 Å². The summed E-state index contributed by atoms with van der Waals surface area (Å²) < 4.78 is 20.4. The Kier molecular flexibility index (Phi) is 4.30. The molecule has 0 radical (unpaired) electrons. The van der Waals surface area contributed by atoms with Crippen molar-refractivity contribution in [2.75, 3.05) is 5.32 Å². The summed E-state index contributed by atoms with van der Waals surface area (Å²) in [5.74, 6) is 0.514. The number of aromatic nitrogens is 2. The molecule has 6 heteroatoms. The van der Waals surface area contributed by atoms with Gasteiger partial charge in [-0.1, -0.05) is 18.2 Å². The van der Waals surface area contributed by atoms with E-state index in [0.29, 0.717) is 22.7 Å². The van der Waals surface area contributed by atoms with Crippen molar-refractivity contribution in [2.45, 2.75) is 6.92 Å². The smallest absolute Gasteiger partial charge is 0.259 e. The minimum absolute atomic E-state index is 0.354. The second kappa shape index (κ2) is 6.92. The average Bonchev–Trinajstić information content (AvgIpc) is 3.31. The molecule has 0 fully saturated rings. The van der Waals surface area contributed by atoms with Gasteiger partial charge in [-0.25, -0.2) is 9.07 Å². The van der Waals surface area contributed by atoms with Crippen LogP contribution in [0.1, 0.15) is 16.1 Å². The highest BCUT2D eigenvalue weighted by atomic mass is 19.1. The van der Waals surface area contributed by atoms with E-state index in [1.54, 1.807) is 16.9 Å². The Labute approximate surface area is 155 Å². The highest BCUT2D eigenvalue weighted by molar-refractivity contribution is 6.07. The summed E-state index contributed by atoms with van der Waals surface area (Å²) in [6.45, 7) is 1.83. The third-order valence-corrected chi connectivity index (χ3v) is 4.06. The molecule has 134 valence electrons. The van der Waals surface area contributed by atoms with E-state index in [9.17, 15) is 9.18 Å². The molecule has 2 aromatic carbocycles. The molecular weight excluding hydrogens is 345 g/mol. The van der Waals surface area contributed by atoms with Crippen molar-refractivity contribution in [2.24, 2.45) is 0 Å². The molecule has 2 aromatic heterocycles.